The van der Waals surface area contributed by atoms with Gasteiger partial charge in [-0.25, -0.2) is 9.97 Å². The van der Waals surface area contributed by atoms with Gasteiger partial charge in [0.2, 0.25) is 0 Å². The Kier molecular flexibility index (Phi) is 2.30. The van der Waals surface area contributed by atoms with Crippen LogP contribution >= 0.6 is 0 Å². The van der Waals surface area contributed by atoms with Gasteiger partial charge in [0, 0.05) is 31.7 Å². The summed E-state index contributed by atoms with van der Waals surface area (Å²) in [6.45, 7) is 1.32. The molecule has 0 bridgehead atoms. The van der Waals surface area contributed by atoms with E-state index in [1.165, 1.54) is 0 Å². The Morgan fingerprint density at radius 2 is 2.18 bits per heavy atom. The Morgan fingerprint density at radius 1 is 1.24 bits per heavy atom. The third-order valence-corrected chi connectivity index (χ3v) is 2.44. The van der Waals surface area contributed by atoms with E-state index in [1.807, 2.05) is 23.0 Å². The van der Waals surface area contributed by atoms with Crippen LogP contribution in [-0.2, 0) is 6.54 Å². The smallest absolute Gasteiger partial charge is 0.255 e. The first-order chi connectivity index (χ1) is 8.38. The predicted molar refractivity (Wildman–Crippen MR) is 61.1 cm³/mol. The molecule has 0 spiro atoms. The van der Waals surface area contributed by atoms with E-state index in [0.717, 1.165) is 12.2 Å². The van der Waals surface area contributed by atoms with Gasteiger partial charge < -0.3 is 10.3 Å². The van der Waals surface area contributed by atoms with Crippen LogP contribution in [0.5, 0.6) is 0 Å². The summed E-state index contributed by atoms with van der Waals surface area (Å²) in [6.07, 6.45) is 7.18. The lowest BCUT2D eigenvalue weighted by Gasteiger charge is -1.96. The summed E-state index contributed by atoms with van der Waals surface area (Å²) in [7, 11) is 0. The Morgan fingerprint density at radius 3 is 3.06 bits per heavy atom. The third kappa shape index (κ3) is 1.66. The van der Waals surface area contributed by atoms with Crippen LogP contribution in [0.2, 0.25) is 0 Å². The molecule has 3 heterocycles. The number of nitrogens with zero attached hydrogens (tertiary/aromatic N) is 6. The summed E-state index contributed by atoms with van der Waals surface area (Å²) in [5.74, 6) is 1.25. The van der Waals surface area contributed by atoms with Gasteiger partial charge in [0.15, 0.2) is 5.82 Å². The zero-order valence-electron chi connectivity index (χ0n) is 9.06. The molecule has 0 aliphatic rings. The SMILES string of the molecule is NCCn1cnc(-c2nnc3ncccn23)c1. The van der Waals surface area contributed by atoms with Crippen LogP contribution in [0.15, 0.2) is 31.0 Å². The van der Waals surface area contributed by atoms with Gasteiger partial charge in [0.1, 0.15) is 5.69 Å². The molecule has 17 heavy (non-hydrogen) atoms. The largest absolute Gasteiger partial charge is 0.335 e. The summed E-state index contributed by atoms with van der Waals surface area (Å²) in [4.78, 5) is 8.39. The molecule has 0 saturated heterocycles. The highest BCUT2D eigenvalue weighted by atomic mass is 15.3. The normalized spacial score (nSPS) is 11.1. The zero-order chi connectivity index (χ0) is 11.7. The molecule has 0 atom stereocenters. The molecule has 86 valence electrons. The van der Waals surface area contributed by atoms with E-state index in [1.54, 1.807) is 16.9 Å². The minimum Gasteiger partial charge on any atom is -0.335 e. The molecule has 0 saturated carbocycles. The van der Waals surface area contributed by atoms with Crippen LogP contribution in [0.25, 0.3) is 17.3 Å². The van der Waals surface area contributed by atoms with E-state index in [0.29, 0.717) is 18.1 Å². The number of rotatable bonds is 3. The molecule has 0 aliphatic heterocycles. The second kappa shape index (κ2) is 3.95. The molecular formula is C10H11N7. The van der Waals surface area contributed by atoms with Crippen LogP contribution < -0.4 is 5.73 Å². The number of aromatic nitrogens is 6. The first-order valence-corrected chi connectivity index (χ1v) is 5.26. The number of fused-ring (bicyclic) bond motifs is 1. The minimum atomic E-state index is 0.566. The average Bonchev–Trinajstić information content (AvgIpc) is 2.95. The average molecular weight is 229 g/mol. The fraction of sp³-hybridized carbons (Fsp3) is 0.200. The van der Waals surface area contributed by atoms with Gasteiger partial charge in [0.25, 0.3) is 5.78 Å². The maximum atomic E-state index is 5.49. The van der Waals surface area contributed by atoms with Crippen molar-refractivity contribution >= 4 is 5.78 Å². The number of imidazole rings is 1. The van der Waals surface area contributed by atoms with Crippen molar-refractivity contribution in [2.24, 2.45) is 5.73 Å². The fourth-order valence-corrected chi connectivity index (χ4v) is 1.66. The van der Waals surface area contributed by atoms with E-state index in [9.17, 15) is 0 Å². The van der Waals surface area contributed by atoms with E-state index in [2.05, 4.69) is 20.2 Å². The highest BCUT2D eigenvalue weighted by molar-refractivity contribution is 5.51. The van der Waals surface area contributed by atoms with Crippen molar-refractivity contribution < 1.29 is 0 Å². The summed E-state index contributed by atoms with van der Waals surface area (Å²) >= 11 is 0. The molecule has 7 heteroatoms. The van der Waals surface area contributed by atoms with Crippen molar-refractivity contribution in [1.82, 2.24) is 29.1 Å². The van der Waals surface area contributed by atoms with Gasteiger partial charge in [-0.15, -0.1) is 10.2 Å². The zero-order valence-corrected chi connectivity index (χ0v) is 9.06. The minimum absolute atomic E-state index is 0.566. The van der Waals surface area contributed by atoms with E-state index >= 15 is 0 Å². The maximum Gasteiger partial charge on any atom is 0.255 e. The van der Waals surface area contributed by atoms with Crippen LogP contribution in [0.4, 0.5) is 0 Å². The van der Waals surface area contributed by atoms with Gasteiger partial charge in [-0.05, 0) is 6.07 Å². The lowest BCUT2D eigenvalue weighted by Crippen LogP contribution is -2.07. The van der Waals surface area contributed by atoms with Crippen LogP contribution in [0, 0.1) is 0 Å². The molecule has 7 nitrogen and oxygen atoms in total. The maximum absolute atomic E-state index is 5.49. The quantitative estimate of drug-likeness (QED) is 0.680. The summed E-state index contributed by atoms with van der Waals surface area (Å²) in [5.41, 5.74) is 6.25. The second-order valence-corrected chi connectivity index (χ2v) is 3.60. The van der Waals surface area contributed by atoms with Gasteiger partial charge in [-0.2, -0.15) is 0 Å². The molecule has 2 N–H and O–H groups in total. The van der Waals surface area contributed by atoms with Crippen molar-refractivity contribution in [2.45, 2.75) is 6.54 Å². The lowest BCUT2D eigenvalue weighted by molar-refractivity contribution is 0.708. The number of hydrogen-bond acceptors (Lipinski definition) is 5. The molecule has 3 rings (SSSR count). The number of hydrogen-bond donors (Lipinski definition) is 1. The summed E-state index contributed by atoms with van der Waals surface area (Å²) in [6, 6.07) is 1.83. The van der Waals surface area contributed by atoms with Gasteiger partial charge in [0.05, 0.1) is 6.33 Å². The molecule has 3 aromatic rings. The predicted octanol–water partition coefficient (Wildman–Crippen LogP) is -0.0535. The monoisotopic (exact) mass is 229 g/mol. The van der Waals surface area contributed by atoms with Crippen molar-refractivity contribution in [3.8, 4) is 11.5 Å². The lowest BCUT2D eigenvalue weighted by atomic mass is 10.4. The first-order valence-electron chi connectivity index (χ1n) is 5.26. The van der Waals surface area contributed by atoms with E-state index in [-0.39, 0.29) is 0 Å². The van der Waals surface area contributed by atoms with Gasteiger partial charge >= 0.3 is 0 Å². The number of nitrogens with two attached hydrogens (primary N) is 1. The van der Waals surface area contributed by atoms with Crippen molar-refractivity contribution in [3.63, 3.8) is 0 Å². The molecular weight excluding hydrogens is 218 g/mol. The molecule has 0 aliphatic carbocycles. The van der Waals surface area contributed by atoms with Gasteiger partial charge in [-0.3, -0.25) is 4.40 Å². The Hall–Kier alpha value is -2.28. The van der Waals surface area contributed by atoms with Crippen molar-refractivity contribution in [1.29, 1.82) is 0 Å². The Labute approximate surface area is 96.9 Å². The van der Waals surface area contributed by atoms with Gasteiger partial charge in [-0.1, -0.05) is 0 Å². The highest BCUT2D eigenvalue weighted by Crippen LogP contribution is 2.14. The Balaban J connectivity index is 2.07. The van der Waals surface area contributed by atoms with Crippen molar-refractivity contribution in [3.05, 3.63) is 31.0 Å². The third-order valence-electron chi connectivity index (χ3n) is 2.44. The molecule has 3 aromatic heterocycles. The van der Waals surface area contributed by atoms with Crippen LogP contribution in [0.3, 0.4) is 0 Å². The van der Waals surface area contributed by atoms with Crippen LogP contribution in [0.1, 0.15) is 0 Å². The fourth-order valence-electron chi connectivity index (χ4n) is 1.66. The second-order valence-electron chi connectivity index (χ2n) is 3.60. The topological polar surface area (TPSA) is 86.9 Å². The summed E-state index contributed by atoms with van der Waals surface area (Å²) < 4.78 is 3.72. The molecule has 0 aromatic carbocycles. The van der Waals surface area contributed by atoms with Crippen LogP contribution in [-0.4, -0.2) is 35.7 Å². The standard InChI is InChI=1S/C10H11N7/c11-2-5-16-6-8(13-7-16)9-14-15-10-12-3-1-4-17(9)10/h1,3-4,6-7H,2,5,11H2. The first kappa shape index (κ1) is 9.91. The Bertz CT molecular complexity index is 639. The van der Waals surface area contributed by atoms with Crippen molar-refractivity contribution in [2.75, 3.05) is 6.54 Å². The summed E-state index contributed by atoms with van der Waals surface area (Å²) in [5, 5.41) is 8.06. The molecule has 0 fully saturated rings. The highest BCUT2D eigenvalue weighted by Gasteiger charge is 2.10. The van der Waals surface area contributed by atoms with E-state index < -0.39 is 0 Å². The molecule has 0 radical (unpaired) electrons. The molecule has 0 unspecified atom stereocenters. The van der Waals surface area contributed by atoms with E-state index in [4.69, 9.17) is 5.73 Å². The molecule has 0 amide bonds.